The van der Waals surface area contributed by atoms with Crippen molar-refractivity contribution >= 4 is 11.1 Å². The number of hydrogen-bond donors (Lipinski definition) is 0. The van der Waals surface area contributed by atoms with Crippen LogP contribution in [0.1, 0.15) is 27.8 Å². The maximum Gasteiger partial charge on any atom is 0.118 e. The Morgan fingerprint density at radius 3 is 2.12 bits per heavy atom. The molecular weight excluding hydrogens is 292 g/mol. The Labute approximate surface area is 143 Å². The first kappa shape index (κ1) is 14.8. The van der Waals surface area contributed by atoms with Gasteiger partial charge in [0, 0.05) is 0 Å². The third kappa shape index (κ3) is 2.52. The molecule has 0 unspecified atom stereocenters. The molecule has 0 N–H and O–H groups in total. The number of hydrogen-bond acceptors (Lipinski definition) is 1. The van der Waals surface area contributed by atoms with Gasteiger partial charge in [0.2, 0.25) is 0 Å². The normalized spacial score (nSPS) is 13.1. The van der Waals surface area contributed by atoms with Crippen molar-refractivity contribution in [3.63, 3.8) is 0 Å². The van der Waals surface area contributed by atoms with E-state index in [2.05, 4.69) is 67.6 Å². The van der Waals surface area contributed by atoms with Crippen LogP contribution in [0, 0.1) is 6.92 Å². The van der Waals surface area contributed by atoms with Gasteiger partial charge in [-0.2, -0.15) is 0 Å². The first-order chi connectivity index (χ1) is 11.8. The van der Waals surface area contributed by atoms with Gasteiger partial charge in [-0.25, -0.2) is 0 Å². The summed E-state index contributed by atoms with van der Waals surface area (Å²) in [5.74, 6) is 0.891. The largest absolute Gasteiger partial charge is 0.497 e. The monoisotopic (exact) mass is 312 g/mol. The zero-order chi connectivity index (χ0) is 16.5. The van der Waals surface area contributed by atoms with Gasteiger partial charge in [0.1, 0.15) is 5.75 Å². The first-order valence-electron chi connectivity index (χ1n) is 8.29. The van der Waals surface area contributed by atoms with Crippen LogP contribution >= 0.6 is 0 Å². The third-order valence-corrected chi connectivity index (χ3v) is 4.73. The summed E-state index contributed by atoms with van der Waals surface area (Å²) in [6, 6.07) is 26.0. The van der Waals surface area contributed by atoms with Crippen LogP contribution in [0.2, 0.25) is 0 Å². The van der Waals surface area contributed by atoms with Crippen LogP contribution < -0.4 is 4.74 Å². The van der Waals surface area contributed by atoms with Crippen LogP contribution in [0.5, 0.6) is 5.75 Å². The molecule has 0 saturated heterocycles. The van der Waals surface area contributed by atoms with Gasteiger partial charge in [-0.05, 0) is 58.9 Å². The molecule has 0 aromatic heterocycles. The van der Waals surface area contributed by atoms with Gasteiger partial charge in [-0.15, -0.1) is 0 Å². The van der Waals surface area contributed by atoms with Crippen molar-refractivity contribution in [1.29, 1.82) is 0 Å². The summed E-state index contributed by atoms with van der Waals surface area (Å²) in [6.45, 7) is 2.13. The topological polar surface area (TPSA) is 9.23 Å². The number of aryl methyl sites for hydroxylation is 1. The van der Waals surface area contributed by atoms with Crippen LogP contribution in [0.25, 0.3) is 11.1 Å². The van der Waals surface area contributed by atoms with E-state index in [1.165, 1.54) is 39.0 Å². The average Bonchev–Trinajstić information content (AvgIpc) is 3.02. The lowest BCUT2D eigenvalue weighted by molar-refractivity contribution is 0.415. The second-order valence-corrected chi connectivity index (χ2v) is 6.28. The van der Waals surface area contributed by atoms with E-state index in [0.29, 0.717) is 0 Å². The quantitative estimate of drug-likeness (QED) is 0.619. The Hall–Kier alpha value is -2.80. The van der Waals surface area contributed by atoms with Crippen LogP contribution in [0.3, 0.4) is 0 Å². The molecule has 1 nitrogen and oxygen atoms in total. The highest BCUT2D eigenvalue weighted by molar-refractivity contribution is 6.03. The Morgan fingerprint density at radius 2 is 1.42 bits per heavy atom. The van der Waals surface area contributed by atoms with Crippen LogP contribution in [-0.4, -0.2) is 7.11 Å². The summed E-state index contributed by atoms with van der Waals surface area (Å²) >= 11 is 0. The number of methoxy groups -OCH3 is 1. The van der Waals surface area contributed by atoms with E-state index < -0.39 is 0 Å². The SMILES string of the molecule is COc1ccc(C2=C(c3ccc(C)cc3)Cc3ccccc32)cc1. The van der Waals surface area contributed by atoms with E-state index in [1.807, 2.05) is 12.1 Å². The molecule has 1 aliphatic carbocycles. The second kappa shape index (κ2) is 6.01. The number of fused-ring (bicyclic) bond motifs is 1. The van der Waals surface area contributed by atoms with Crippen molar-refractivity contribution in [3.8, 4) is 5.75 Å². The molecule has 4 rings (SSSR count). The molecule has 1 aliphatic rings. The molecule has 0 radical (unpaired) electrons. The Kier molecular flexibility index (Phi) is 3.70. The molecule has 118 valence electrons. The molecule has 0 spiro atoms. The number of benzene rings is 3. The van der Waals surface area contributed by atoms with Crippen LogP contribution in [0.4, 0.5) is 0 Å². The predicted molar refractivity (Wildman–Crippen MR) is 100 cm³/mol. The molecule has 24 heavy (non-hydrogen) atoms. The maximum atomic E-state index is 5.31. The number of rotatable bonds is 3. The van der Waals surface area contributed by atoms with E-state index in [9.17, 15) is 0 Å². The zero-order valence-electron chi connectivity index (χ0n) is 14.0. The van der Waals surface area contributed by atoms with Crippen molar-refractivity contribution in [3.05, 3.63) is 101 Å². The summed E-state index contributed by atoms with van der Waals surface area (Å²) in [7, 11) is 1.71. The molecule has 0 atom stereocenters. The van der Waals surface area contributed by atoms with Crippen molar-refractivity contribution < 1.29 is 4.74 Å². The van der Waals surface area contributed by atoms with E-state index in [-0.39, 0.29) is 0 Å². The van der Waals surface area contributed by atoms with Gasteiger partial charge < -0.3 is 4.74 Å². The van der Waals surface area contributed by atoms with Crippen LogP contribution in [-0.2, 0) is 6.42 Å². The summed E-state index contributed by atoms with van der Waals surface area (Å²) in [5, 5.41) is 0. The van der Waals surface area contributed by atoms with Gasteiger partial charge in [-0.1, -0.05) is 66.2 Å². The maximum absolute atomic E-state index is 5.31. The molecule has 0 saturated carbocycles. The Morgan fingerprint density at radius 1 is 0.750 bits per heavy atom. The van der Waals surface area contributed by atoms with Crippen molar-refractivity contribution in [2.24, 2.45) is 0 Å². The summed E-state index contributed by atoms with van der Waals surface area (Å²) in [4.78, 5) is 0. The molecular formula is C23H20O. The molecule has 0 bridgehead atoms. The summed E-state index contributed by atoms with van der Waals surface area (Å²) in [6.07, 6.45) is 0.987. The predicted octanol–water partition coefficient (Wildman–Crippen LogP) is 5.52. The van der Waals surface area contributed by atoms with Gasteiger partial charge in [0.25, 0.3) is 0 Å². The molecule has 0 amide bonds. The fourth-order valence-corrected chi connectivity index (χ4v) is 3.45. The zero-order valence-corrected chi connectivity index (χ0v) is 14.0. The lowest BCUT2D eigenvalue weighted by Gasteiger charge is -2.11. The molecule has 0 aliphatic heterocycles. The average molecular weight is 312 g/mol. The standard InChI is InChI=1S/C23H20O/c1-16-7-9-17(10-8-16)22-15-19-5-3-4-6-21(19)23(22)18-11-13-20(24-2)14-12-18/h3-14H,15H2,1-2H3. The highest BCUT2D eigenvalue weighted by Crippen LogP contribution is 2.42. The van der Waals surface area contributed by atoms with Crippen molar-refractivity contribution in [2.75, 3.05) is 7.11 Å². The van der Waals surface area contributed by atoms with Crippen LogP contribution in [0.15, 0.2) is 72.8 Å². The van der Waals surface area contributed by atoms with E-state index >= 15 is 0 Å². The number of ether oxygens (including phenoxy) is 1. The van der Waals surface area contributed by atoms with Crippen molar-refractivity contribution in [1.82, 2.24) is 0 Å². The van der Waals surface area contributed by atoms with Crippen molar-refractivity contribution in [2.45, 2.75) is 13.3 Å². The third-order valence-electron chi connectivity index (χ3n) is 4.73. The van der Waals surface area contributed by atoms with Gasteiger partial charge in [0.05, 0.1) is 7.11 Å². The fourth-order valence-electron chi connectivity index (χ4n) is 3.45. The molecule has 0 heterocycles. The minimum Gasteiger partial charge on any atom is -0.497 e. The molecule has 1 heteroatoms. The van der Waals surface area contributed by atoms with Gasteiger partial charge >= 0.3 is 0 Å². The Bertz CT molecular complexity index is 900. The Balaban J connectivity index is 1.90. The highest BCUT2D eigenvalue weighted by atomic mass is 16.5. The molecule has 3 aromatic carbocycles. The lowest BCUT2D eigenvalue weighted by Crippen LogP contribution is -1.90. The first-order valence-corrected chi connectivity index (χ1v) is 8.29. The smallest absolute Gasteiger partial charge is 0.118 e. The molecule has 3 aromatic rings. The second-order valence-electron chi connectivity index (χ2n) is 6.28. The lowest BCUT2D eigenvalue weighted by atomic mass is 9.94. The minimum absolute atomic E-state index is 0.891. The van der Waals surface area contributed by atoms with E-state index in [4.69, 9.17) is 4.74 Å². The van der Waals surface area contributed by atoms with Gasteiger partial charge in [0.15, 0.2) is 0 Å². The van der Waals surface area contributed by atoms with E-state index in [0.717, 1.165) is 12.2 Å². The summed E-state index contributed by atoms with van der Waals surface area (Å²) < 4.78 is 5.31. The molecule has 0 fully saturated rings. The van der Waals surface area contributed by atoms with E-state index in [1.54, 1.807) is 7.11 Å². The fraction of sp³-hybridized carbons (Fsp3) is 0.130. The minimum atomic E-state index is 0.891. The summed E-state index contributed by atoms with van der Waals surface area (Å²) in [5.41, 5.74) is 9.34. The van der Waals surface area contributed by atoms with Gasteiger partial charge in [-0.3, -0.25) is 0 Å². The highest BCUT2D eigenvalue weighted by Gasteiger charge is 2.23. The number of allylic oxidation sites excluding steroid dienone is 1.